The minimum Gasteiger partial charge on any atom is -0.497 e. The molecule has 0 bridgehead atoms. The van der Waals surface area contributed by atoms with Crippen LogP contribution >= 0.6 is 8.38 Å². The van der Waals surface area contributed by atoms with Gasteiger partial charge in [-0.15, -0.1) is 0 Å². The maximum atomic E-state index is 7.16. The van der Waals surface area contributed by atoms with Crippen LogP contribution in [0.1, 0.15) is 87.4 Å². The molecule has 2 aliphatic heterocycles. The molecule has 91 heavy (non-hydrogen) atoms. The highest BCUT2D eigenvalue weighted by atomic mass is 31.2. The van der Waals surface area contributed by atoms with Crippen LogP contribution in [0.2, 0.25) is 18.1 Å². The Bertz CT molecular complexity index is 3940. The van der Waals surface area contributed by atoms with E-state index in [-0.39, 0.29) is 29.6 Å². The lowest BCUT2D eigenvalue weighted by molar-refractivity contribution is -0.0559. The highest BCUT2D eigenvalue weighted by Gasteiger charge is 2.51. The van der Waals surface area contributed by atoms with Crippen molar-refractivity contribution in [1.29, 1.82) is 0 Å². The van der Waals surface area contributed by atoms with Crippen molar-refractivity contribution in [3.63, 3.8) is 0 Å². The Labute approximate surface area is 535 Å². The van der Waals surface area contributed by atoms with Gasteiger partial charge in [-0.2, -0.15) is 0 Å². The maximum absolute atomic E-state index is 7.16. The van der Waals surface area contributed by atoms with Gasteiger partial charge in [-0.1, -0.05) is 180 Å². The Morgan fingerprint density at radius 1 is 0.516 bits per heavy atom. The van der Waals surface area contributed by atoms with Crippen molar-refractivity contribution in [1.82, 2.24) is 39.0 Å². The summed E-state index contributed by atoms with van der Waals surface area (Å²) >= 11 is 0. The molecule has 20 heteroatoms. The van der Waals surface area contributed by atoms with Crippen molar-refractivity contribution < 1.29 is 37.2 Å². The standard InChI is InChI=1S/C71H81N10O8PSi/c1-12-84-61-58(42-86-91(10,11)69(4,5)6)88-68(81-46-77-60-64(73-44-75-66(60)81)79-71(51-29-21-15-22-30-51,52-31-23-16-24-32-52)54-35-39-56(83-8)40-36-54)62(61)89-90(9)85-41-57-47(2)48(3)67(87-57)80-45-76-59-63(72-43-74-65(59)80)78-70(49-25-17-13-18-26-49,50-27-19-14-20-28-50)53-33-37-55(82-7)38-34-53/h13-40,43-48,57-58,61-62,67-68H,12,41-42H2,1-11H3,(H,72,74,78)(H,73,75,79)/t47?,48?,57-,58-,61?,62?,67-,68-,90?/m1/s1. The van der Waals surface area contributed by atoms with E-state index < -0.39 is 58.5 Å². The van der Waals surface area contributed by atoms with Crippen LogP contribution in [-0.4, -0.2) is 112 Å². The van der Waals surface area contributed by atoms with Gasteiger partial charge in [0, 0.05) is 19.2 Å². The largest absolute Gasteiger partial charge is 0.497 e. The van der Waals surface area contributed by atoms with Crippen LogP contribution in [0.4, 0.5) is 11.6 Å². The van der Waals surface area contributed by atoms with Crippen LogP contribution in [0.15, 0.2) is 195 Å². The zero-order valence-electron chi connectivity index (χ0n) is 53.5. The predicted octanol–water partition coefficient (Wildman–Crippen LogP) is 14.3. The molecular formula is C71H81N10O8PSi. The molecule has 6 heterocycles. The van der Waals surface area contributed by atoms with Gasteiger partial charge in [-0.05, 0) is 88.6 Å². The van der Waals surface area contributed by atoms with E-state index in [1.54, 1.807) is 33.2 Å². The third-order valence-corrected chi connectivity index (χ3v) is 24.2. The van der Waals surface area contributed by atoms with Crippen molar-refractivity contribution in [3.05, 3.63) is 229 Å². The van der Waals surface area contributed by atoms with Gasteiger partial charge >= 0.3 is 0 Å². The normalized spacial score (nSPS) is 20.9. The molecule has 5 unspecified atom stereocenters. The molecule has 472 valence electrons. The van der Waals surface area contributed by atoms with E-state index in [0.29, 0.717) is 47.2 Å². The SMILES string of the molecule is CCOC1C(OP(C)OC[C@H]2O[C@@H](n3cnc4c(NC(c5ccccc5)(c5ccccc5)c5ccc(OC)cc5)ncnc43)C(C)C2C)[C@H](n2cnc3c(NC(c4ccccc4)(c4ccccc4)c4ccc(OC)cc4)ncnc32)O[C@@H]1CO[Si](C)(C)C(C)(C)C. The molecule has 0 aliphatic carbocycles. The first kappa shape index (κ1) is 63.2. The zero-order chi connectivity index (χ0) is 63.5. The second kappa shape index (κ2) is 26.7. The molecule has 0 radical (unpaired) electrons. The molecule has 0 amide bonds. The quantitative estimate of drug-likeness (QED) is 0.0330. The molecule has 18 nitrogen and oxygen atoms in total. The van der Waals surface area contributed by atoms with Crippen LogP contribution in [-0.2, 0) is 38.8 Å². The lowest BCUT2D eigenvalue weighted by atomic mass is 9.77. The Morgan fingerprint density at radius 2 is 0.934 bits per heavy atom. The molecule has 2 saturated heterocycles. The minimum atomic E-state index is -2.25. The number of aromatic nitrogens is 8. The average Bonchev–Trinajstić information content (AvgIpc) is 1.70. The maximum Gasteiger partial charge on any atom is 0.192 e. The molecular weight excluding hydrogens is 1180 g/mol. The van der Waals surface area contributed by atoms with Crippen molar-refractivity contribution in [2.24, 2.45) is 11.8 Å². The number of rotatable bonds is 24. The van der Waals surface area contributed by atoms with Gasteiger partial charge in [0.15, 0.2) is 56.9 Å². The summed E-state index contributed by atoms with van der Waals surface area (Å²) in [6, 6.07) is 57.8. The second-order valence-corrected chi connectivity index (χ2v) is 31.1. The predicted molar refractivity (Wildman–Crippen MR) is 358 cm³/mol. The van der Waals surface area contributed by atoms with Crippen molar-refractivity contribution in [2.45, 2.75) is 108 Å². The van der Waals surface area contributed by atoms with Gasteiger partial charge in [0.25, 0.3) is 0 Å². The van der Waals surface area contributed by atoms with Crippen molar-refractivity contribution >= 4 is 50.7 Å². The van der Waals surface area contributed by atoms with Crippen LogP contribution < -0.4 is 20.1 Å². The summed E-state index contributed by atoms with van der Waals surface area (Å²) in [4.78, 5) is 29.7. The number of ether oxygens (including phenoxy) is 5. The summed E-state index contributed by atoms with van der Waals surface area (Å²) in [5, 5.41) is 7.81. The van der Waals surface area contributed by atoms with Crippen LogP contribution in [0, 0.1) is 11.8 Å². The minimum absolute atomic E-state index is 0.0414. The molecule has 2 fully saturated rings. The third-order valence-electron chi connectivity index (χ3n) is 18.7. The second-order valence-electron chi connectivity index (χ2n) is 24.9. The Balaban J connectivity index is 0.827. The first-order chi connectivity index (χ1) is 44.1. The Morgan fingerprint density at radius 3 is 1.35 bits per heavy atom. The molecule has 6 aromatic carbocycles. The monoisotopic (exact) mass is 1260 g/mol. The number of anilines is 2. The lowest BCUT2D eigenvalue weighted by Crippen LogP contribution is -2.45. The van der Waals surface area contributed by atoms with Crippen LogP contribution in [0.3, 0.4) is 0 Å². The molecule has 12 rings (SSSR count). The number of nitrogens with zero attached hydrogens (tertiary/aromatic N) is 8. The summed E-state index contributed by atoms with van der Waals surface area (Å²) in [6.45, 7) is 20.5. The summed E-state index contributed by atoms with van der Waals surface area (Å²) in [5.41, 5.74) is 6.50. The van der Waals surface area contributed by atoms with Crippen LogP contribution in [0.25, 0.3) is 22.3 Å². The van der Waals surface area contributed by atoms with Gasteiger partial charge in [0.05, 0.1) is 46.2 Å². The third kappa shape index (κ3) is 12.3. The average molecular weight is 1260 g/mol. The molecule has 10 aromatic rings. The van der Waals surface area contributed by atoms with E-state index in [0.717, 1.165) is 44.9 Å². The van der Waals surface area contributed by atoms with Crippen molar-refractivity contribution in [3.8, 4) is 11.5 Å². The van der Waals surface area contributed by atoms with E-state index in [9.17, 15) is 0 Å². The van der Waals surface area contributed by atoms with Gasteiger partial charge in [-0.3, -0.25) is 9.13 Å². The van der Waals surface area contributed by atoms with E-state index in [2.05, 4.69) is 155 Å². The highest BCUT2D eigenvalue weighted by molar-refractivity contribution is 7.46. The van der Waals surface area contributed by atoms with E-state index in [4.69, 9.17) is 67.1 Å². The number of nitrogens with one attached hydrogen (secondary N) is 2. The fourth-order valence-corrected chi connectivity index (χ4v) is 14.5. The molecule has 0 saturated carbocycles. The number of benzene rings is 6. The fraction of sp³-hybridized carbons (Fsp3) is 0.352. The highest BCUT2D eigenvalue weighted by Crippen LogP contribution is 2.49. The number of hydrogen-bond acceptors (Lipinski definition) is 16. The molecule has 2 aliphatic rings. The smallest absolute Gasteiger partial charge is 0.192 e. The van der Waals surface area contributed by atoms with E-state index in [1.807, 2.05) is 102 Å². The summed E-state index contributed by atoms with van der Waals surface area (Å²) < 4.78 is 57.0. The number of hydrogen-bond donors (Lipinski definition) is 2. The number of methoxy groups -OCH3 is 2. The topological polar surface area (TPSA) is 185 Å². The van der Waals surface area contributed by atoms with E-state index >= 15 is 0 Å². The Kier molecular flexibility index (Phi) is 18.5. The molecule has 4 aromatic heterocycles. The number of fused-ring (bicyclic) bond motifs is 2. The lowest BCUT2D eigenvalue weighted by Gasteiger charge is -2.37. The van der Waals surface area contributed by atoms with Crippen molar-refractivity contribution in [2.75, 3.05) is 51.3 Å². The van der Waals surface area contributed by atoms with Gasteiger partial charge in [-0.25, -0.2) is 29.9 Å². The molecule has 2 N–H and O–H groups in total. The molecule has 0 spiro atoms. The summed E-state index contributed by atoms with van der Waals surface area (Å²) in [6.07, 6.45) is 3.51. The molecule has 9 atom stereocenters. The van der Waals surface area contributed by atoms with Gasteiger partial charge in [0.1, 0.15) is 59.8 Å². The summed E-state index contributed by atoms with van der Waals surface area (Å²) in [7, 11) is -0.486. The Hall–Kier alpha value is -7.97. The zero-order valence-corrected chi connectivity index (χ0v) is 55.4. The fourth-order valence-electron chi connectivity index (χ4n) is 12.5. The summed E-state index contributed by atoms with van der Waals surface area (Å²) in [5.74, 6) is 2.71. The van der Waals surface area contributed by atoms with E-state index in [1.165, 1.54) is 0 Å². The van der Waals surface area contributed by atoms with Gasteiger partial charge < -0.3 is 47.8 Å². The first-order valence-corrected chi connectivity index (χ1v) is 35.6. The number of imidazole rings is 2. The van der Waals surface area contributed by atoms with Gasteiger partial charge in [0.2, 0.25) is 0 Å². The first-order valence-electron chi connectivity index (χ1n) is 31.1. The van der Waals surface area contributed by atoms with Crippen LogP contribution in [0.5, 0.6) is 11.5 Å².